The number of nitrogens with one attached hydrogen (secondary N) is 2. The number of carbonyl (C=O) groups is 1. The number of aromatic amines is 1. The monoisotopic (exact) mass is 334 g/mol. The fraction of sp³-hybridized carbons (Fsp3) is 0.105. The summed E-state index contributed by atoms with van der Waals surface area (Å²) >= 11 is 0. The van der Waals surface area contributed by atoms with Gasteiger partial charge in [0, 0.05) is 5.56 Å². The van der Waals surface area contributed by atoms with E-state index >= 15 is 0 Å². The first-order valence-electron chi connectivity index (χ1n) is 7.78. The van der Waals surface area contributed by atoms with Crippen molar-refractivity contribution in [3.8, 4) is 17.0 Å². The molecule has 0 aliphatic carbocycles. The van der Waals surface area contributed by atoms with E-state index in [1.54, 1.807) is 30.3 Å². The van der Waals surface area contributed by atoms with Gasteiger partial charge < -0.3 is 5.11 Å². The molecule has 0 saturated heterocycles. The summed E-state index contributed by atoms with van der Waals surface area (Å²) in [6.07, 6.45) is 1.50. The lowest BCUT2D eigenvalue weighted by atomic mass is 10.0. The van der Waals surface area contributed by atoms with Crippen LogP contribution in [0.3, 0.4) is 0 Å². The highest BCUT2D eigenvalue weighted by atomic mass is 16.3. The minimum absolute atomic E-state index is 0.178. The van der Waals surface area contributed by atoms with E-state index in [-0.39, 0.29) is 11.7 Å². The van der Waals surface area contributed by atoms with Crippen molar-refractivity contribution in [3.63, 3.8) is 0 Å². The summed E-state index contributed by atoms with van der Waals surface area (Å²) in [5.41, 5.74) is 7.57. The van der Waals surface area contributed by atoms with Crippen LogP contribution in [0.2, 0.25) is 0 Å². The first-order valence-corrected chi connectivity index (χ1v) is 7.78. The van der Waals surface area contributed by atoms with E-state index in [1.165, 1.54) is 17.3 Å². The van der Waals surface area contributed by atoms with Gasteiger partial charge in [0.15, 0.2) is 0 Å². The van der Waals surface area contributed by atoms with Gasteiger partial charge in [-0.2, -0.15) is 10.2 Å². The summed E-state index contributed by atoms with van der Waals surface area (Å²) in [6.45, 7) is 4.09. The van der Waals surface area contributed by atoms with Crippen LogP contribution in [0.5, 0.6) is 5.75 Å². The molecule has 1 aromatic heterocycles. The molecule has 0 aliphatic heterocycles. The zero-order valence-corrected chi connectivity index (χ0v) is 13.9. The average molecular weight is 334 g/mol. The summed E-state index contributed by atoms with van der Waals surface area (Å²) in [5, 5.41) is 20.0. The van der Waals surface area contributed by atoms with Gasteiger partial charge in [-0.25, -0.2) is 5.43 Å². The molecule has 126 valence electrons. The smallest absolute Gasteiger partial charge is 0.289 e. The number of aromatic hydroxyl groups is 1. The van der Waals surface area contributed by atoms with E-state index in [4.69, 9.17) is 0 Å². The summed E-state index contributed by atoms with van der Waals surface area (Å²) in [5.74, 6) is -0.199. The third-order valence-electron chi connectivity index (χ3n) is 3.90. The molecule has 2 aromatic carbocycles. The molecule has 0 unspecified atom stereocenters. The predicted molar refractivity (Wildman–Crippen MR) is 96.7 cm³/mol. The van der Waals surface area contributed by atoms with E-state index in [2.05, 4.69) is 27.6 Å². The maximum Gasteiger partial charge on any atom is 0.289 e. The Morgan fingerprint density at radius 3 is 2.60 bits per heavy atom. The number of aromatic nitrogens is 2. The minimum atomic E-state index is -0.377. The van der Waals surface area contributed by atoms with Crippen molar-refractivity contribution >= 4 is 12.1 Å². The molecule has 1 heterocycles. The number of nitrogens with zero attached hydrogens (tertiary/aromatic N) is 2. The van der Waals surface area contributed by atoms with Crippen LogP contribution in [0.1, 0.15) is 27.2 Å². The third-order valence-corrected chi connectivity index (χ3v) is 3.90. The number of hydrazone groups is 1. The lowest BCUT2D eigenvalue weighted by molar-refractivity contribution is 0.0950. The van der Waals surface area contributed by atoms with E-state index in [9.17, 15) is 9.90 Å². The molecule has 0 bridgehead atoms. The predicted octanol–water partition coefficient (Wildman–Crippen LogP) is 3.16. The van der Waals surface area contributed by atoms with Gasteiger partial charge in [-0.3, -0.25) is 9.89 Å². The fourth-order valence-electron chi connectivity index (χ4n) is 2.27. The Hall–Kier alpha value is -3.41. The largest absolute Gasteiger partial charge is 0.508 e. The van der Waals surface area contributed by atoms with Gasteiger partial charge in [0.05, 0.1) is 11.9 Å². The number of hydrogen-bond acceptors (Lipinski definition) is 4. The molecular formula is C19H18N4O2. The highest BCUT2D eigenvalue weighted by Gasteiger charge is 2.10. The quantitative estimate of drug-likeness (QED) is 0.505. The normalized spacial score (nSPS) is 11.0. The molecule has 3 aromatic rings. The standard InChI is InChI=1S/C19H18N4O2/c1-12-3-6-15(9-13(12)2)17-10-18(22-21-17)19(25)23-20-11-14-4-7-16(24)8-5-14/h3-11,24H,1-2H3,(H,21,22)(H,23,25)/b20-11+. The van der Waals surface area contributed by atoms with Crippen LogP contribution in [-0.4, -0.2) is 27.4 Å². The third kappa shape index (κ3) is 3.92. The highest BCUT2D eigenvalue weighted by molar-refractivity contribution is 5.94. The van der Waals surface area contributed by atoms with Crippen LogP contribution in [0.25, 0.3) is 11.3 Å². The molecule has 0 fully saturated rings. The fourth-order valence-corrected chi connectivity index (χ4v) is 2.27. The van der Waals surface area contributed by atoms with Crippen molar-refractivity contribution in [1.29, 1.82) is 0 Å². The number of phenolic OH excluding ortho intramolecular Hbond substituents is 1. The number of amides is 1. The molecule has 0 saturated carbocycles. The molecule has 25 heavy (non-hydrogen) atoms. The molecule has 6 nitrogen and oxygen atoms in total. The van der Waals surface area contributed by atoms with Crippen molar-refractivity contribution < 1.29 is 9.90 Å². The van der Waals surface area contributed by atoms with E-state index in [0.717, 1.165) is 11.1 Å². The second kappa shape index (κ2) is 7.00. The van der Waals surface area contributed by atoms with Gasteiger partial charge in [-0.05, 0) is 66.9 Å². The number of aryl methyl sites for hydroxylation is 2. The molecule has 0 aliphatic rings. The van der Waals surface area contributed by atoms with Gasteiger partial charge in [0.1, 0.15) is 11.4 Å². The van der Waals surface area contributed by atoms with Crippen molar-refractivity contribution in [2.24, 2.45) is 5.10 Å². The van der Waals surface area contributed by atoms with Gasteiger partial charge in [0.25, 0.3) is 5.91 Å². The summed E-state index contributed by atoms with van der Waals surface area (Å²) < 4.78 is 0. The van der Waals surface area contributed by atoms with Crippen LogP contribution < -0.4 is 5.43 Å². The van der Waals surface area contributed by atoms with Crippen molar-refractivity contribution in [3.05, 3.63) is 70.9 Å². The second-order valence-corrected chi connectivity index (χ2v) is 5.76. The topological polar surface area (TPSA) is 90.4 Å². The molecule has 1 amide bonds. The molecular weight excluding hydrogens is 316 g/mol. The minimum Gasteiger partial charge on any atom is -0.508 e. The van der Waals surface area contributed by atoms with Gasteiger partial charge in [0.2, 0.25) is 0 Å². The first-order chi connectivity index (χ1) is 12.0. The summed E-state index contributed by atoms with van der Waals surface area (Å²) in [7, 11) is 0. The van der Waals surface area contributed by atoms with Crippen LogP contribution in [-0.2, 0) is 0 Å². The number of phenols is 1. The van der Waals surface area contributed by atoms with Crippen LogP contribution in [0.15, 0.2) is 53.6 Å². The SMILES string of the molecule is Cc1ccc(-c2cc(C(=O)N/N=C/c3ccc(O)cc3)[nH]n2)cc1C. The number of benzene rings is 2. The number of carbonyl (C=O) groups excluding carboxylic acids is 1. The Labute approximate surface area is 145 Å². The van der Waals surface area contributed by atoms with Crippen LogP contribution in [0.4, 0.5) is 0 Å². The maximum absolute atomic E-state index is 12.1. The van der Waals surface area contributed by atoms with Gasteiger partial charge in [-0.15, -0.1) is 0 Å². The second-order valence-electron chi connectivity index (χ2n) is 5.76. The zero-order valence-electron chi connectivity index (χ0n) is 13.9. The summed E-state index contributed by atoms with van der Waals surface area (Å²) in [6, 6.07) is 14.2. The number of hydrogen-bond donors (Lipinski definition) is 3. The average Bonchev–Trinajstić information content (AvgIpc) is 3.09. The molecule has 3 rings (SSSR count). The Balaban J connectivity index is 1.68. The molecule has 0 atom stereocenters. The number of H-pyrrole nitrogens is 1. The van der Waals surface area contributed by atoms with Crippen LogP contribution >= 0.6 is 0 Å². The molecule has 0 radical (unpaired) electrons. The maximum atomic E-state index is 12.1. The van der Waals surface area contributed by atoms with Crippen molar-refractivity contribution in [2.45, 2.75) is 13.8 Å². The van der Waals surface area contributed by atoms with Gasteiger partial charge >= 0.3 is 0 Å². The Morgan fingerprint density at radius 2 is 1.88 bits per heavy atom. The Bertz CT molecular complexity index is 927. The zero-order chi connectivity index (χ0) is 17.8. The van der Waals surface area contributed by atoms with Crippen molar-refractivity contribution in [1.82, 2.24) is 15.6 Å². The first kappa shape index (κ1) is 16.4. The lowest BCUT2D eigenvalue weighted by Crippen LogP contribution is -2.17. The Morgan fingerprint density at radius 1 is 1.12 bits per heavy atom. The lowest BCUT2D eigenvalue weighted by Gasteiger charge is -2.01. The van der Waals surface area contributed by atoms with Crippen LogP contribution in [0, 0.1) is 13.8 Å². The van der Waals surface area contributed by atoms with E-state index < -0.39 is 0 Å². The molecule has 0 spiro atoms. The highest BCUT2D eigenvalue weighted by Crippen LogP contribution is 2.20. The molecule has 3 N–H and O–H groups in total. The Kier molecular flexibility index (Phi) is 4.61. The van der Waals surface area contributed by atoms with Gasteiger partial charge in [-0.1, -0.05) is 12.1 Å². The van der Waals surface area contributed by atoms with E-state index in [0.29, 0.717) is 11.4 Å². The van der Waals surface area contributed by atoms with E-state index in [1.807, 2.05) is 25.1 Å². The summed E-state index contributed by atoms with van der Waals surface area (Å²) in [4.78, 5) is 12.1. The van der Waals surface area contributed by atoms with Crippen molar-refractivity contribution in [2.75, 3.05) is 0 Å². The molecule has 6 heteroatoms. The number of rotatable bonds is 4.